The summed E-state index contributed by atoms with van der Waals surface area (Å²) < 4.78 is 26.9. The lowest BCUT2D eigenvalue weighted by Crippen LogP contribution is -2.46. The van der Waals surface area contributed by atoms with Gasteiger partial charge in [0, 0.05) is 36.2 Å². The highest BCUT2D eigenvalue weighted by Crippen LogP contribution is 2.34. The number of rotatable bonds is 6. The molecule has 0 aromatic heterocycles. The Morgan fingerprint density at radius 3 is 2.32 bits per heavy atom. The molecule has 31 heavy (non-hydrogen) atoms. The Hall–Kier alpha value is -2.05. The highest BCUT2D eigenvalue weighted by atomic mass is 32.2. The third kappa shape index (κ3) is 5.07. The summed E-state index contributed by atoms with van der Waals surface area (Å²) in [5, 5.41) is 3.58. The summed E-state index contributed by atoms with van der Waals surface area (Å²) in [6.07, 6.45) is 5.02. The molecule has 0 bridgehead atoms. The highest BCUT2D eigenvalue weighted by Gasteiger charge is 2.32. The van der Waals surface area contributed by atoms with Crippen LogP contribution in [0.15, 0.2) is 48.5 Å². The molecule has 2 aromatic rings. The predicted octanol–water partition coefficient (Wildman–Crippen LogP) is 5.07. The SMILES string of the molecule is CC(C)(C)S(=O)(=O)N[C@H]1CC[C@H](CNc2ccc(N3CCc4ccccc43)cc2)CC1. The van der Waals surface area contributed by atoms with Crippen molar-refractivity contribution in [2.75, 3.05) is 23.3 Å². The van der Waals surface area contributed by atoms with E-state index >= 15 is 0 Å². The summed E-state index contributed by atoms with van der Waals surface area (Å²) in [6, 6.07) is 17.4. The first-order valence-corrected chi connectivity index (χ1v) is 12.9. The van der Waals surface area contributed by atoms with Crippen LogP contribution in [0.1, 0.15) is 52.0 Å². The zero-order chi connectivity index (χ0) is 22.1. The van der Waals surface area contributed by atoms with Crippen LogP contribution in [-0.2, 0) is 16.4 Å². The molecule has 1 fully saturated rings. The van der Waals surface area contributed by atoms with Crippen LogP contribution in [0.25, 0.3) is 0 Å². The molecular weight excluding hydrogens is 406 g/mol. The summed E-state index contributed by atoms with van der Waals surface area (Å²) in [5.41, 5.74) is 5.13. The molecule has 1 heterocycles. The summed E-state index contributed by atoms with van der Waals surface area (Å²) >= 11 is 0. The van der Waals surface area contributed by atoms with E-state index in [0.29, 0.717) is 5.92 Å². The fraction of sp³-hybridized carbons (Fsp3) is 0.520. The second-order valence-electron chi connectivity index (χ2n) is 9.91. The van der Waals surface area contributed by atoms with E-state index in [9.17, 15) is 8.42 Å². The van der Waals surface area contributed by atoms with E-state index in [4.69, 9.17) is 0 Å². The van der Waals surface area contributed by atoms with Crippen LogP contribution < -0.4 is 14.9 Å². The minimum absolute atomic E-state index is 0.0723. The van der Waals surface area contributed by atoms with Crippen LogP contribution in [0.4, 0.5) is 17.1 Å². The van der Waals surface area contributed by atoms with Gasteiger partial charge in [-0.3, -0.25) is 0 Å². The smallest absolute Gasteiger partial charge is 0.216 e. The molecule has 2 aliphatic rings. The molecular formula is C25H35N3O2S. The first-order chi connectivity index (χ1) is 14.7. The van der Waals surface area contributed by atoms with Crippen molar-refractivity contribution in [1.29, 1.82) is 0 Å². The standard InChI is InChI=1S/C25H35N3O2S/c1-25(2,3)31(29,30)27-22-10-8-19(9-11-22)18-26-21-12-14-23(15-13-21)28-17-16-20-6-4-5-7-24(20)28/h4-7,12-15,19,22,26-27H,8-11,16-18H2,1-3H3/t19-,22-. The van der Waals surface area contributed by atoms with Crippen LogP contribution >= 0.6 is 0 Å². The Balaban J connectivity index is 1.26. The van der Waals surface area contributed by atoms with E-state index in [0.717, 1.165) is 50.9 Å². The second kappa shape index (κ2) is 8.83. The molecule has 2 aromatic carbocycles. The molecule has 168 valence electrons. The Labute approximate surface area is 187 Å². The third-order valence-electron chi connectivity index (χ3n) is 6.64. The maximum absolute atomic E-state index is 12.4. The average Bonchev–Trinajstić information content (AvgIpc) is 3.17. The number of fused-ring (bicyclic) bond motifs is 1. The number of nitrogens with one attached hydrogen (secondary N) is 2. The predicted molar refractivity (Wildman–Crippen MR) is 130 cm³/mol. The molecule has 5 nitrogen and oxygen atoms in total. The van der Waals surface area contributed by atoms with E-state index < -0.39 is 14.8 Å². The quantitative estimate of drug-likeness (QED) is 0.657. The van der Waals surface area contributed by atoms with Gasteiger partial charge in [-0.25, -0.2) is 13.1 Å². The van der Waals surface area contributed by atoms with E-state index in [1.54, 1.807) is 20.8 Å². The van der Waals surface area contributed by atoms with Gasteiger partial charge in [-0.1, -0.05) is 18.2 Å². The lowest BCUT2D eigenvalue weighted by Gasteiger charge is -2.31. The topological polar surface area (TPSA) is 61.4 Å². The van der Waals surface area contributed by atoms with E-state index in [-0.39, 0.29) is 6.04 Å². The van der Waals surface area contributed by atoms with Crippen LogP contribution in [0.3, 0.4) is 0 Å². The Bertz CT molecular complexity index is 988. The van der Waals surface area contributed by atoms with Gasteiger partial charge in [0.05, 0.1) is 4.75 Å². The van der Waals surface area contributed by atoms with Crippen LogP contribution in [0.2, 0.25) is 0 Å². The number of anilines is 3. The molecule has 0 saturated heterocycles. The van der Waals surface area contributed by atoms with Gasteiger partial charge in [0.1, 0.15) is 0 Å². The molecule has 1 aliphatic carbocycles. The van der Waals surface area contributed by atoms with Gasteiger partial charge >= 0.3 is 0 Å². The van der Waals surface area contributed by atoms with Gasteiger partial charge < -0.3 is 10.2 Å². The largest absolute Gasteiger partial charge is 0.385 e. The van der Waals surface area contributed by atoms with Crippen molar-refractivity contribution in [3.63, 3.8) is 0 Å². The lowest BCUT2D eigenvalue weighted by molar-refractivity contribution is 0.322. The van der Waals surface area contributed by atoms with Crippen LogP contribution in [0, 0.1) is 5.92 Å². The highest BCUT2D eigenvalue weighted by molar-refractivity contribution is 7.90. The molecule has 2 N–H and O–H groups in total. The second-order valence-corrected chi connectivity index (χ2v) is 12.4. The number of nitrogens with zero attached hydrogens (tertiary/aromatic N) is 1. The molecule has 0 spiro atoms. The monoisotopic (exact) mass is 441 g/mol. The van der Waals surface area contributed by atoms with Crippen LogP contribution in [0.5, 0.6) is 0 Å². The molecule has 0 atom stereocenters. The maximum Gasteiger partial charge on any atom is 0.216 e. The number of hydrogen-bond donors (Lipinski definition) is 2. The van der Waals surface area contributed by atoms with Gasteiger partial charge in [-0.05, 0) is 94.7 Å². The van der Waals surface area contributed by atoms with Crippen molar-refractivity contribution in [2.45, 2.75) is 63.7 Å². The first-order valence-electron chi connectivity index (χ1n) is 11.4. The van der Waals surface area contributed by atoms with Crippen molar-refractivity contribution in [3.05, 3.63) is 54.1 Å². The summed E-state index contributed by atoms with van der Waals surface area (Å²) in [4.78, 5) is 2.39. The van der Waals surface area contributed by atoms with Gasteiger partial charge in [-0.15, -0.1) is 0 Å². The Morgan fingerprint density at radius 2 is 1.65 bits per heavy atom. The normalized spacial score (nSPS) is 21.7. The third-order valence-corrected chi connectivity index (χ3v) is 8.89. The Kier molecular flexibility index (Phi) is 6.31. The van der Waals surface area contributed by atoms with Crippen molar-refractivity contribution in [3.8, 4) is 0 Å². The van der Waals surface area contributed by atoms with Crippen molar-refractivity contribution >= 4 is 27.1 Å². The van der Waals surface area contributed by atoms with Gasteiger partial charge in [0.2, 0.25) is 10.0 Å². The summed E-state index contributed by atoms with van der Waals surface area (Å²) in [7, 11) is -3.27. The van der Waals surface area contributed by atoms with Gasteiger partial charge in [0.25, 0.3) is 0 Å². The molecule has 1 saturated carbocycles. The van der Waals surface area contributed by atoms with Gasteiger partial charge in [0.15, 0.2) is 0 Å². The van der Waals surface area contributed by atoms with E-state index in [2.05, 4.69) is 63.5 Å². The molecule has 0 unspecified atom stereocenters. The zero-order valence-corrected chi connectivity index (χ0v) is 19.7. The minimum Gasteiger partial charge on any atom is -0.385 e. The summed E-state index contributed by atoms with van der Waals surface area (Å²) in [5.74, 6) is 0.584. The molecule has 1 aliphatic heterocycles. The minimum atomic E-state index is -3.27. The molecule has 6 heteroatoms. The lowest BCUT2D eigenvalue weighted by atomic mass is 9.86. The molecule has 0 radical (unpaired) electrons. The Morgan fingerprint density at radius 1 is 0.968 bits per heavy atom. The zero-order valence-electron chi connectivity index (χ0n) is 18.9. The fourth-order valence-electron chi connectivity index (χ4n) is 4.51. The molecule has 0 amide bonds. The number of hydrogen-bond acceptors (Lipinski definition) is 4. The van der Waals surface area contributed by atoms with E-state index in [1.807, 2.05) is 0 Å². The maximum atomic E-state index is 12.4. The fourth-order valence-corrected chi connectivity index (χ4v) is 5.54. The number of para-hydroxylation sites is 1. The average molecular weight is 442 g/mol. The summed E-state index contributed by atoms with van der Waals surface area (Å²) in [6.45, 7) is 7.22. The van der Waals surface area contributed by atoms with Crippen molar-refractivity contribution < 1.29 is 8.42 Å². The van der Waals surface area contributed by atoms with Crippen molar-refractivity contribution in [1.82, 2.24) is 4.72 Å². The number of sulfonamides is 1. The van der Waals surface area contributed by atoms with Gasteiger partial charge in [-0.2, -0.15) is 0 Å². The molecule has 4 rings (SSSR count). The van der Waals surface area contributed by atoms with E-state index in [1.165, 1.54) is 16.9 Å². The van der Waals surface area contributed by atoms with Crippen molar-refractivity contribution in [2.24, 2.45) is 5.92 Å². The number of benzene rings is 2. The first kappa shape index (κ1) is 22.2. The van der Waals surface area contributed by atoms with Crippen LogP contribution in [-0.4, -0.2) is 32.3 Å².